The summed E-state index contributed by atoms with van der Waals surface area (Å²) in [5.74, 6) is 2.43. The Balaban J connectivity index is 1.52. The minimum Gasteiger partial charge on any atom is -0.497 e. The van der Waals surface area contributed by atoms with Gasteiger partial charge in [-0.1, -0.05) is 0 Å². The lowest BCUT2D eigenvalue weighted by atomic mass is 10.1. The molecule has 142 valence electrons. The lowest BCUT2D eigenvalue weighted by Gasteiger charge is -2.06. The molecule has 1 N–H and O–H groups in total. The molecule has 0 fully saturated rings. The molecule has 0 amide bonds. The molecule has 2 heterocycles. The molecular weight excluding hydrogens is 360 g/mol. The number of hydrogen-bond acceptors (Lipinski definition) is 6. The van der Waals surface area contributed by atoms with E-state index in [1.165, 1.54) is 6.08 Å². The highest BCUT2D eigenvalue weighted by Crippen LogP contribution is 2.33. The zero-order valence-corrected chi connectivity index (χ0v) is 15.4. The van der Waals surface area contributed by atoms with Crippen molar-refractivity contribution in [2.45, 2.75) is 0 Å². The molecule has 3 aromatic rings. The second-order valence-electron chi connectivity index (χ2n) is 6.08. The molecule has 0 saturated carbocycles. The first kappa shape index (κ1) is 17.7. The van der Waals surface area contributed by atoms with Crippen molar-refractivity contribution in [1.82, 2.24) is 10.2 Å². The van der Waals surface area contributed by atoms with Crippen molar-refractivity contribution in [1.29, 1.82) is 0 Å². The number of fused-ring (bicyclic) bond motifs is 1. The van der Waals surface area contributed by atoms with Gasteiger partial charge in [0.1, 0.15) is 11.5 Å². The number of aromatic nitrogens is 2. The fraction of sp³-hybridized carbons (Fsp3) is 0.143. The molecule has 0 spiro atoms. The number of H-pyrrole nitrogens is 1. The van der Waals surface area contributed by atoms with E-state index in [0.29, 0.717) is 39.9 Å². The Morgan fingerprint density at radius 2 is 1.79 bits per heavy atom. The fourth-order valence-corrected chi connectivity index (χ4v) is 2.84. The molecule has 1 aliphatic heterocycles. The van der Waals surface area contributed by atoms with Gasteiger partial charge in [-0.05, 0) is 48.6 Å². The standard InChI is InChI=1S/C21H18N2O5/c1-25-16-7-14(8-17(11-16)26-2)18-10-15(22-23-18)4-5-19(24)13-3-6-20-21(9-13)28-12-27-20/h3-11H,12H2,1-2H3,(H,22,23). The van der Waals surface area contributed by atoms with Crippen molar-refractivity contribution >= 4 is 11.9 Å². The lowest BCUT2D eigenvalue weighted by molar-refractivity contribution is 0.104. The van der Waals surface area contributed by atoms with Crippen LogP contribution >= 0.6 is 0 Å². The maximum atomic E-state index is 12.4. The average Bonchev–Trinajstić information content (AvgIpc) is 3.40. The van der Waals surface area contributed by atoms with Crippen molar-refractivity contribution in [2.24, 2.45) is 0 Å². The molecule has 0 saturated heterocycles. The number of carbonyl (C=O) groups excluding carboxylic acids is 1. The van der Waals surface area contributed by atoms with E-state index in [-0.39, 0.29) is 12.6 Å². The van der Waals surface area contributed by atoms with E-state index in [9.17, 15) is 4.79 Å². The second-order valence-corrected chi connectivity index (χ2v) is 6.08. The number of ketones is 1. The van der Waals surface area contributed by atoms with Gasteiger partial charge in [-0.15, -0.1) is 0 Å². The van der Waals surface area contributed by atoms with Crippen LogP contribution in [0.2, 0.25) is 0 Å². The summed E-state index contributed by atoms with van der Waals surface area (Å²) < 4.78 is 21.1. The van der Waals surface area contributed by atoms with Gasteiger partial charge in [0.05, 0.1) is 25.6 Å². The minimum absolute atomic E-state index is 0.141. The topological polar surface area (TPSA) is 82.7 Å². The van der Waals surface area contributed by atoms with Crippen LogP contribution < -0.4 is 18.9 Å². The van der Waals surface area contributed by atoms with Crippen molar-refractivity contribution in [3.8, 4) is 34.3 Å². The van der Waals surface area contributed by atoms with Crippen LogP contribution in [0.4, 0.5) is 0 Å². The van der Waals surface area contributed by atoms with Crippen molar-refractivity contribution in [2.75, 3.05) is 21.0 Å². The summed E-state index contributed by atoms with van der Waals surface area (Å²) in [6.07, 6.45) is 3.17. The van der Waals surface area contributed by atoms with Crippen LogP contribution in [0.25, 0.3) is 17.3 Å². The third-order valence-electron chi connectivity index (χ3n) is 4.32. The van der Waals surface area contributed by atoms with Crippen LogP contribution in [0.3, 0.4) is 0 Å². The molecule has 7 nitrogen and oxygen atoms in total. The van der Waals surface area contributed by atoms with Gasteiger partial charge in [0.2, 0.25) is 6.79 Å². The quantitative estimate of drug-likeness (QED) is 0.520. The van der Waals surface area contributed by atoms with Crippen LogP contribution in [0, 0.1) is 0 Å². The third-order valence-corrected chi connectivity index (χ3v) is 4.32. The Hall–Kier alpha value is -3.74. The maximum Gasteiger partial charge on any atom is 0.231 e. The predicted octanol–water partition coefficient (Wildman–Crippen LogP) is 3.72. The van der Waals surface area contributed by atoms with E-state index in [0.717, 1.165) is 5.56 Å². The Morgan fingerprint density at radius 3 is 2.54 bits per heavy atom. The van der Waals surface area contributed by atoms with Crippen LogP contribution in [-0.2, 0) is 0 Å². The average molecular weight is 378 g/mol. The molecule has 4 rings (SSSR count). The second kappa shape index (κ2) is 7.48. The largest absolute Gasteiger partial charge is 0.497 e. The summed E-state index contributed by atoms with van der Waals surface area (Å²) >= 11 is 0. The van der Waals surface area contributed by atoms with Gasteiger partial charge >= 0.3 is 0 Å². The minimum atomic E-state index is -0.141. The molecule has 0 bridgehead atoms. The molecule has 7 heteroatoms. The summed E-state index contributed by atoms with van der Waals surface area (Å²) in [4.78, 5) is 12.4. The maximum absolute atomic E-state index is 12.4. The molecule has 0 unspecified atom stereocenters. The summed E-state index contributed by atoms with van der Waals surface area (Å²) in [6.45, 7) is 0.175. The van der Waals surface area contributed by atoms with Gasteiger partial charge in [-0.3, -0.25) is 9.89 Å². The molecule has 1 aliphatic rings. The monoisotopic (exact) mass is 378 g/mol. The number of methoxy groups -OCH3 is 2. The number of rotatable bonds is 6. The van der Waals surface area contributed by atoms with E-state index < -0.39 is 0 Å². The summed E-state index contributed by atoms with van der Waals surface area (Å²) in [5, 5.41) is 7.21. The van der Waals surface area contributed by atoms with Crippen LogP contribution in [0.5, 0.6) is 23.0 Å². The Kier molecular flexibility index (Phi) is 4.72. The number of benzene rings is 2. The smallest absolute Gasteiger partial charge is 0.231 e. The highest BCUT2D eigenvalue weighted by Gasteiger charge is 2.15. The summed E-state index contributed by atoms with van der Waals surface area (Å²) in [5.41, 5.74) is 2.78. The number of allylic oxidation sites excluding steroid dienone is 1. The number of carbonyl (C=O) groups is 1. The predicted molar refractivity (Wildman–Crippen MR) is 103 cm³/mol. The van der Waals surface area contributed by atoms with E-state index in [4.69, 9.17) is 18.9 Å². The van der Waals surface area contributed by atoms with Gasteiger partial charge in [0, 0.05) is 17.2 Å². The Labute approximate surface area is 161 Å². The van der Waals surface area contributed by atoms with Gasteiger partial charge in [0.25, 0.3) is 0 Å². The Bertz CT molecular complexity index is 1030. The first-order valence-electron chi connectivity index (χ1n) is 8.57. The lowest BCUT2D eigenvalue weighted by Crippen LogP contribution is -1.94. The van der Waals surface area contributed by atoms with Gasteiger partial charge in [-0.2, -0.15) is 5.10 Å². The van der Waals surface area contributed by atoms with Crippen LogP contribution in [0.15, 0.2) is 48.5 Å². The normalized spacial score (nSPS) is 12.4. The zero-order valence-electron chi connectivity index (χ0n) is 15.4. The molecule has 28 heavy (non-hydrogen) atoms. The molecule has 0 aliphatic carbocycles. The zero-order chi connectivity index (χ0) is 19.5. The van der Waals surface area contributed by atoms with E-state index >= 15 is 0 Å². The molecule has 1 aromatic heterocycles. The van der Waals surface area contributed by atoms with Gasteiger partial charge in [-0.25, -0.2) is 0 Å². The molecule has 2 aromatic carbocycles. The molecule has 0 atom stereocenters. The third kappa shape index (κ3) is 3.55. The van der Waals surface area contributed by atoms with Crippen LogP contribution in [-0.4, -0.2) is 37.0 Å². The summed E-state index contributed by atoms with van der Waals surface area (Å²) in [7, 11) is 3.19. The fourth-order valence-electron chi connectivity index (χ4n) is 2.84. The van der Waals surface area contributed by atoms with Gasteiger partial charge < -0.3 is 18.9 Å². The number of nitrogens with one attached hydrogen (secondary N) is 1. The highest BCUT2D eigenvalue weighted by molar-refractivity contribution is 6.07. The number of nitrogens with zero attached hydrogens (tertiary/aromatic N) is 1. The number of ether oxygens (including phenoxy) is 4. The molecule has 0 radical (unpaired) electrons. The van der Waals surface area contributed by atoms with E-state index in [1.807, 2.05) is 18.2 Å². The van der Waals surface area contributed by atoms with Crippen molar-refractivity contribution < 1.29 is 23.7 Å². The molecular formula is C21H18N2O5. The van der Waals surface area contributed by atoms with Gasteiger partial charge in [0.15, 0.2) is 17.3 Å². The number of hydrogen-bond donors (Lipinski definition) is 1. The highest BCUT2D eigenvalue weighted by atomic mass is 16.7. The van der Waals surface area contributed by atoms with Crippen molar-refractivity contribution in [3.05, 3.63) is 59.8 Å². The first-order valence-corrected chi connectivity index (χ1v) is 8.57. The van der Waals surface area contributed by atoms with E-state index in [2.05, 4.69) is 10.2 Å². The van der Waals surface area contributed by atoms with Crippen LogP contribution in [0.1, 0.15) is 16.1 Å². The SMILES string of the molecule is COc1cc(OC)cc(-c2cc(C=CC(=O)c3ccc4c(c3)OCO4)[nH]n2)c1. The first-order chi connectivity index (χ1) is 13.7. The van der Waals surface area contributed by atoms with E-state index in [1.54, 1.807) is 44.6 Å². The number of aromatic amines is 1. The van der Waals surface area contributed by atoms with Crippen molar-refractivity contribution in [3.63, 3.8) is 0 Å². The Morgan fingerprint density at radius 1 is 1.04 bits per heavy atom. The summed E-state index contributed by atoms with van der Waals surface area (Å²) in [6, 6.07) is 12.5.